The van der Waals surface area contributed by atoms with Crippen LogP contribution in [0.4, 0.5) is 10.1 Å². The lowest BCUT2D eigenvalue weighted by atomic mass is 10.2. The molecule has 1 aromatic rings. The summed E-state index contributed by atoms with van der Waals surface area (Å²) in [5.41, 5.74) is -0.844. The number of cyclic esters (lactones) is 1. The van der Waals surface area contributed by atoms with E-state index in [4.69, 9.17) is 9.47 Å². The third-order valence-corrected chi connectivity index (χ3v) is 2.45. The topological polar surface area (TPSA) is 84.9 Å². The molecule has 6 nitrogen and oxygen atoms in total. The average molecular weight is 281 g/mol. The van der Waals surface area contributed by atoms with E-state index in [1.54, 1.807) is 0 Å². The van der Waals surface area contributed by atoms with Crippen LogP contribution >= 0.6 is 0 Å². The number of benzene rings is 1. The maximum absolute atomic E-state index is 13.4. The quantitative estimate of drug-likeness (QED) is 0.638. The van der Waals surface area contributed by atoms with E-state index < -0.39 is 35.0 Å². The second-order valence-corrected chi connectivity index (χ2v) is 4.51. The molecule has 0 spiro atoms. The normalized spacial score (nSPS) is 17.2. The number of esters is 1. The molecule has 0 aromatic heterocycles. The number of aliphatic hydroxyl groups excluding tert-OH is 1. The van der Waals surface area contributed by atoms with Gasteiger partial charge in [0.2, 0.25) is 5.57 Å². The van der Waals surface area contributed by atoms with Gasteiger partial charge in [-0.1, -0.05) is 12.1 Å². The zero-order valence-corrected chi connectivity index (χ0v) is 10.8. The van der Waals surface area contributed by atoms with E-state index >= 15 is 0 Å². The Bertz CT molecular complexity index is 609. The van der Waals surface area contributed by atoms with Gasteiger partial charge in [0.25, 0.3) is 11.7 Å². The number of carbonyl (C=O) groups excluding carboxylic acids is 2. The molecule has 0 saturated carbocycles. The molecular formula is C13H12FNO5. The first-order valence-corrected chi connectivity index (χ1v) is 5.71. The summed E-state index contributed by atoms with van der Waals surface area (Å²) in [5, 5.41) is 11.8. The van der Waals surface area contributed by atoms with Gasteiger partial charge in [-0.25, -0.2) is 9.18 Å². The van der Waals surface area contributed by atoms with Gasteiger partial charge in [-0.2, -0.15) is 0 Å². The Morgan fingerprint density at radius 3 is 2.55 bits per heavy atom. The van der Waals surface area contributed by atoms with Gasteiger partial charge in [-0.15, -0.1) is 0 Å². The van der Waals surface area contributed by atoms with Gasteiger partial charge in [0.05, 0.1) is 5.69 Å². The van der Waals surface area contributed by atoms with Crippen molar-refractivity contribution < 1.29 is 28.6 Å². The van der Waals surface area contributed by atoms with Crippen LogP contribution in [0.3, 0.4) is 0 Å². The molecule has 0 fully saturated rings. The number of carbonyl (C=O) groups is 2. The molecule has 2 rings (SSSR count). The first kappa shape index (κ1) is 13.9. The van der Waals surface area contributed by atoms with Crippen molar-refractivity contribution in [3.63, 3.8) is 0 Å². The highest BCUT2D eigenvalue weighted by atomic mass is 19.1. The fraction of sp³-hybridized carbons (Fsp3) is 0.231. The minimum atomic E-state index is -1.37. The molecule has 2 N–H and O–H groups in total. The Morgan fingerprint density at radius 1 is 1.30 bits per heavy atom. The maximum atomic E-state index is 13.4. The molecule has 1 amide bonds. The van der Waals surface area contributed by atoms with Crippen LogP contribution in [0.25, 0.3) is 0 Å². The summed E-state index contributed by atoms with van der Waals surface area (Å²) in [6.45, 7) is 2.79. The molecule has 20 heavy (non-hydrogen) atoms. The first-order valence-electron chi connectivity index (χ1n) is 5.71. The highest BCUT2D eigenvalue weighted by molar-refractivity contribution is 6.21. The van der Waals surface area contributed by atoms with E-state index in [-0.39, 0.29) is 5.69 Å². The van der Waals surface area contributed by atoms with Crippen LogP contribution in [-0.4, -0.2) is 22.8 Å². The molecule has 1 aliphatic rings. The van der Waals surface area contributed by atoms with E-state index in [2.05, 4.69) is 5.32 Å². The zero-order valence-electron chi connectivity index (χ0n) is 10.8. The molecular weight excluding hydrogens is 269 g/mol. The lowest BCUT2D eigenvalue weighted by Crippen LogP contribution is -2.40. The fourth-order valence-corrected chi connectivity index (χ4v) is 1.60. The third-order valence-electron chi connectivity index (χ3n) is 2.45. The number of halogens is 1. The highest BCUT2D eigenvalue weighted by Crippen LogP contribution is 2.26. The lowest BCUT2D eigenvalue weighted by molar-refractivity contribution is -0.221. The predicted molar refractivity (Wildman–Crippen MR) is 65.9 cm³/mol. The largest absolute Gasteiger partial charge is 0.480 e. The third kappa shape index (κ3) is 2.71. The van der Waals surface area contributed by atoms with Crippen molar-refractivity contribution in [2.45, 2.75) is 19.6 Å². The zero-order chi connectivity index (χ0) is 14.9. The number of nitrogens with one attached hydrogen (secondary N) is 1. The maximum Gasteiger partial charge on any atom is 0.354 e. The van der Waals surface area contributed by atoms with Gasteiger partial charge in [0.1, 0.15) is 5.82 Å². The Balaban J connectivity index is 2.26. The van der Waals surface area contributed by atoms with E-state index in [0.717, 1.165) is 6.07 Å². The smallest absolute Gasteiger partial charge is 0.354 e. The Hall–Kier alpha value is -2.57. The summed E-state index contributed by atoms with van der Waals surface area (Å²) in [7, 11) is 0. The molecule has 0 saturated heterocycles. The molecule has 0 atom stereocenters. The number of aliphatic hydroxyl groups is 1. The van der Waals surface area contributed by atoms with Crippen molar-refractivity contribution in [1.82, 2.24) is 0 Å². The molecule has 7 heteroatoms. The first-order chi connectivity index (χ1) is 9.30. The van der Waals surface area contributed by atoms with Crippen LogP contribution in [-0.2, 0) is 19.1 Å². The second-order valence-electron chi connectivity index (χ2n) is 4.51. The summed E-state index contributed by atoms with van der Waals surface area (Å²) in [6, 6.07) is 5.40. The summed E-state index contributed by atoms with van der Waals surface area (Å²) >= 11 is 0. The van der Waals surface area contributed by atoms with Crippen molar-refractivity contribution in [3.05, 3.63) is 41.6 Å². The monoisotopic (exact) mass is 281 g/mol. The van der Waals surface area contributed by atoms with Crippen LogP contribution in [0, 0.1) is 5.82 Å². The molecule has 0 aliphatic carbocycles. The molecule has 0 bridgehead atoms. The number of rotatable bonds is 2. The van der Waals surface area contributed by atoms with Crippen LogP contribution in [0.5, 0.6) is 0 Å². The number of hydrogen-bond donors (Lipinski definition) is 2. The van der Waals surface area contributed by atoms with E-state index in [9.17, 15) is 19.1 Å². The number of ether oxygens (including phenoxy) is 2. The lowest BCUT2D eigenvalue weighted by Gasteiger charge is -2.30. The Labute approximate surface area is 113 Å². The number of anilines is 1. The van der Waals surface area contributed by atoms with Gasteiger partial charge in [0, 0.05) is 13.8 Å². The van der Waals surface area contributed by atoms with Crippen molar-refractivity contribution in [2.24, 2.45) is 0 Å². The number of hydrogen-bond acceptors (Lipinski definition) is 5. The van der Waals surface area contributed by atoms with E-state index in [1.807, 2.05) is 0 Å². The van der Waals surface area contributed by atoms with Crippen LogP contribution in [0.15, 0.2) is 35.8 Å². The van der Waals surface area contributed by atoms with Crippen LogP contribution in [0.1, 0.15) is 13.8 Å². The van der Waals surface area contributed by atoms with Crippen molar-refractivity contribution >= 4 is 17.6 Å². The van der Waals surface area contributed by atoms with Crippen molar-refractivity contribution in [3.8, 4) is 0 Å². The molecule has 1 aromatic carbocycles. The van der Waals surface area contributed by atoms with Gasteiger partial charge >= 0.3 is 11.9 Å². The molecule has 1 aliphatic heterocycles. The van der Waals surface area contributed by atoms with Crippen molar-refractivity contribution in [1.29, 1.82) is 0 Å². The molecule has 1 heterocycles. The standard InChI is InChI=1S/C13H12FNO5/c1-13(2)19-11(17)9(12(18)20-13)10(16)15-8-6-4-3-5-7(8)14/h3-6,17H,1-2H3,(H,15,16). The summed E-state index contributed by atoms with van der Waals surface area (Å²) in [4.78, 5) is 23.5. The van der Waals surface area contributed by atoms with Crippen molar-refractivity contribution in [2.75, 3.05) is 5.32 Å². The van der Waals surface area contributed by atoms with E-state index in [1.165, 1.54) is 32.0 Å². The fourth-order valence-electron chi connectivity index (χ4n) is 1.60. The van der Waals surface area contributed by atoms with Gasteiger partial charge in [-0.3, -0.25) is 4.79 Å². The van der Waals surface area contributed by atoms with Gasteiger partial charge in [-0.05, 0) is 12.1 Å². The SMILES string of the molecule is CC1(C)OC(=O)C(C(=O)Nc2ccccc2F)=C(O)O1. The van der Waals surface area contributed by atoms with Gasteiger partial charge in [0.15, 0.2) is 0 Å². The Kier molecular flexibility index (Phi) is 3.35. The van der Waals surface area contributed by atoms with Gasteiger partial charge < -0.3 is 19.9 Å². The second kappa shape index (κ2) is 4.84. The Morgan fingerprint density at radius 2 is 1.95 bits per heavy atom. The number of para-hydroxylation sites is 1. The van der Waals surface area contributed by atoms with E-state index in [0.29, 0.717) is 0 Å². The van der Waals surface area contributed by atoms with Crippen LogP contribution < -0.4 is 5.32 Å². The summed E-state index contributed by atoms with van der Waals surface area (Å²) in [6.07, 6.45) is 0. The molecule has 0 radical (unpaired) electrons. The van der Waals surface area contributed by atoms with Crippen LogP contribution in [0.2, 0.25) is 0 Å². The number of amides is 1. The molecule has 106 valence electrons. The molecule has 0 unspecified atom stereocenters. The minimum Gasteiger partial charge on any atom is -0.480 e. The predicted octanol–water partition coefficient (Wildman–Crippen LogP) is 1.84. The average Bonchev–Trinajstić information content (AvgIpc) is 2.29. The minimum absolute atomic E-state index is 0.129. The summed E-state index contributed by atoms with van der Waals surface area (Å²) in [5.74, 6) is -4.98. The summed E-state index contributed by atoms with van der Waals surface area (Å²) < 4.78 is 23.1. The highest BCUT2D eigenvalue weighted by Gasteiger charge is 2.39.